The molecule has 4 fully saturated rings. The molecule has 0 amide bonds. The van der Waals surface area contributed by atoms with Crippen LogP contribution in [0.3, 0.4) is 0 Å². The highest BCUT2D eigenvalue weighted by atomic mass is 16.8. The first-order valence-electron chi connectivity index (χ1n) is 31.6. The maximum absolute atomic E-state index is 7.46. The van der Waals surface area contributed by atoms with Crippen molar-refractivity contribution < 1.29 is 61.6 Å². The first kappa shape index (κ1) is 66.2. The van der Waals surface area contributed by atoms with Crippen molar-refractivity contribution in [1.82, 2.24) is 0 Å². The van der Waals surface area contributed by atoms with Gasteiger partial charge in [0.25, 0.3) is 0 Å². The number of benzene rings is 7. The molecule has 0 aromatic heterocycles. The lowest BCUT2D eigenvalue weighted by molar-refractivity contribution is -0.318. The van der Waals surface area contributed by atoms with Gasteiger partial charge in [0.15, 0.2) is 18.9 Å². The van der Waals surface area contributed by atoms with Crippen LogP contribution in [0.1, 0.15) is 45.4 Å². The monoisotopic (exact) mass is 1240 g/mol. The lowest BCUT2D eigenvalue weighted by atomic mass is 9.84. The van der Waals surface area contributed by atoms with Gasteiger partial charge >= 0.3 is 0 Å². The zero-order valence-corrected chi connectivity index (χ0v) is 51.2. The molecule has 7 aromatic rings. The van der Waals surface area contributed by atoms with Crippen molar-refractivity contribution >= 4 is 0 Å². The van der Waals surface area contributed by atoms with Crippen LogP contribution in [0, 0.1) is 0 Å². The Kier molecular flexibility index (Phi) is 24.4. The van der Waals surface area contributed by atoms with Gasteiger partial charge in [-0.05, 0) is 45.4 Å². The zero-order valence-electron chi connectivity index (χ0n) is 51.2. The van der Waals surface area contributed by atoms with Crippen molar-refractivity contribution in [2.45, 2.75) is 169 Å². The van der Waals surface area contributed by atoms with Crippen molar-refractivity contribution in [2.24, 2.45) is 34.4 Å². The Balaban J connectivity index is 0.931. The fourth-order valence-corrected chi connectivity index (χ4v) is 12.3. The van der Waals surface area contributed by atoms with Crippen molar-refractivity contribution in [3.63, 3.8) is 0 Å². The van der Waals surface area contributed by atoms with Gasteiger partial charge in [-0.15, -0.1) is 0 Å². The van der Waals surface area contributed by atoms with Gasteiger partial charge in [-0.2, -0.15) is 0 Å². The Morgan fingerprint density at radius 1 is 0.286 bits per heavy atom. The molecule has 12 N–H and O–H groups in total. The quantitative estimate of drug-likeness (QED) is 0.0274. The summed E-state index contributed by atoms with van der Waals surface area (Å²) in [6, 6.07) is 65.6. The highest BCUT2D eigenvalue weighted by Gasteiger charge is 2.57. The molecule has 3 heterocycles. The van der Waals surface area contributed by atoms with Crippen LogP contribution >= 0.6 is 0 Å². The highest BCUT2D eigenvalue weighted by Crippen LogP contribution is 2.39. The second-order valence-corrected chi connectivity index (χ2v) is 23.7. The SMILES string of the molecule is NC[C@@H]1O[C@H](O[C@H]2[C@@H](OCc3ccccc3)[C@H](O[C@@H]3[C@@H](OCc4ccccc4)[C@H](N)C[C@H](N)[C@H]3O[C@H]3O[C@H](CN)[C@@H](OCc4ccccc4)[C@H](OCc4ccccc4)[C@H]3N)O[C@@H]2COCc2ccccc2)[C@H](N)[C@@H](OCc2ccccc2)[C@@H]1OCc1ccccc1. The molecule has 11 rings (SSSR count). The third-order valence-electron chi connectivity index (χ3n) is 17.1. The first-order chi connectivity index (χ1) is 44.7. The molecular weight excluding hydrogens is 1160 g/mol. The van der Waals surface area contributed by atoms with Gasteiger partial charge in [-0.25, -0.2) is 0 Å². The molecule has 19 heteroatoms. The molecule has 0 unspecified atom stereocenters. The summed E-state index contributed by atoms with van der Waals surface area (Å²) in [6.45, 7) is 1.65. The van der Waals surface area contributed by atoms with Gasteiger partial charge in [0.1, 0.15) is 73.2 Å². The molecular formula is C72H88N6O13. The van der Waals surface area contributed by atoms with Gasteiger partial charge in [-0.3, -0.25) is 0 Å². The van der Waals surface area contributed by atoms with Gasteiger partial charge < -0.3 is 96.0 Å². The van der Waals surface area contributed by atoms with Crippen molar-refractivity contribution in [3.8, 4) is 0 Å². The summed E-state index contributed by atoms with van der Waals surface area (Å²) in [4.78, 5) is 0. The van der Waals surface area contributed by atoms with Crippen LogP contribution in [0.5, 0.6) is 0 Å². The predicted molar refractivity (Wildman–Crippen MR) is 341 cm³/mol. The Hall–Kier alpha value is -6.22. The lowest BCUT2D eigenvalue weighted by Gasteiger charge is -2.49. The Morgan fingerprint density at radius 2 is 0.571 bits per heavy atom. The third-order valence-corrected chi connectivity index (χ3v) is 17.1. The largest absolute Gasteiger partial charge is 0.374 e. The van der Waals surface area contributed by atoms with E-state index in [9.17, 15) is 0 Å². The number of nitrogens with two attached hydrogens (primary N) is 6. The average molecular weight is 1250 g/mol. The minimum Gasteiger partial charge on any atom is -0.374 e. The summed E-state index contributed by atoms with van der Waals surface area (Å²) in [7, 11) is 0. The summed E-state index contributed by atoms with van der Waals surface area (Å²) in [5, 5.41) is 0. The van der Waals surface area contributed by atoms with E-state index in [4.69, 9.17) is 96.0 Å². The van der Waals surface area contributed by atoms with E-state index in [2.05, 4.69) is 0 Å². The van der Waals surface area contributed by atoms with E-state index in [0.29, 0.717) is 0 Å². The molecule has 1 saturated carbocycles. The fourth-order valence-electron chi connectivity index (χ4n) is 12.3. The Labute approximate surface area is 533 Å². The van der Waals surface area contributed by atoms with E-state index in [0.717, 1.165) is 38.9 Å². The van der Waals surface area contributed by atoms with Crippen LogP contribution < -0.4 is 34.4 Å². The van der Waals surface area contributed by atoms with Gasteiger partial charge in [0.05, 0.1) is 64.9 Å². The van der Waals surface area contributed by atoms with Crippen LogP contribution in [-0.4, -0.2) is 136 Å². The number of rotatable bonds is 30. The molecule has 19 nitrogen and oxygen atoms in total. The molecule has 0 bridgehead atoms. The second kappa shape index (κ2) is 33.6. The van der Waals surface area contributed by atoms with Gasteiger partial charge in [-0.1, -0.05) is 212 Å². The second-order valence-electron chi connectivity index (χ2n) is 23.7. The molecule has 3 saturated heterocycles. The molecule has 4 aliphatic rings. The molecule has 7 aromatic carbocycles. The standard InChI is InChI=1S/C72H88N6O13/c73-37-56-63(81-41-49-26-12-3-13-27-49)66(83-43-51-30-16-5-17-31-51)59(77)70(86-56)89-62-55(76)36-54(75)61(80-40-48-24-10-2-11-25-48)68(62)91-72-69(85-45-53-34-20-7-21-35-53)65(58(88-72)46-79-39-47-22-8-1-9-23-47)90-71-60(78)67(84-44-52-32-18-6-19-33-52)64(57(38-74)87-71)82-42-50-28-14-4-15-29-50/h1-35,54-72H,36-46,73-78H2/t54-,55+,56-,57+,58-,59-,60-,61+,62-,63-,64-,65-,66-,67-,68-,69-,70-,71-,72+/m1/s1. The first-order valence-corrected chi connectivity index (χ1v) is 31.6. The maximum Gasteiger partial charge on any atom is 0.187 e. The molecule has 484 valence electrons. The molecule has 1 aliphatic carbocycles. The van der Waals surface area contributed by atoms with E-state index in [1.54, 1.807) is 0 Å². The number of ether oxygens (including phenoxy) is 13. The van der Waals surface area contributed by atoms with E-state index in [-0.39, 0.29) is 72.4 Å². The number of hydrogen-bond donors (Lipinski definition) is 6. The summed E-state index contributed by atoms with van der Waals surface area (Å²) < 4.78 is 90.2. The van der Waals surface area contributed by atoms with Crippen LogP contribution in [-0.2, 0) is 108 Å². The Bertz CT molecular complexity index is 3170. The van der Waals surface area contributed by atoms with Crippen LogP contribution in [0.25, 0.3) is 0 Å². The Morgan fingerprint density at radius 3 is 0.934 bits per heavy atom. The van der Waals surface area contributed by atoms with Crippen molar-refractivity contribution in [1.29, 1.82) is 0 Å². The fraction of sp³-hybridized carbons (Fsp3) is 0.417. The molecule has 0 spiro atoms. The number of hydrogen-bond acceptors (Lipinski definition) is 19. The van der Waals surface area contributed by atoms with E-state index >= 15 is 0 Å². The van der Waals surface area contributed by atoms with Crippen molar-refractivity contribution in [2.75, 3.05) is 19.7 Å². The summed E-state index contributed by atoms with van der Waals surface area (Å²) >= 11 is 0. The minimum absolute atomic E-state index is 0.0182. The molecule has 3 aliphatic heterocycles. The predicted octanol–water partition coefficient (Wildman–Crippen LogP) is 6.68. The van der Waals surface area contributed by atoms with Crippen LogP contribution in [0.4, 0.5) is 0 Å². The van der Waals surface area contributed by atoms with Gasteiger partial charge in [0.2, 0.25) is 0 Å². The highest BCUT2D eigenvalue weighted by molar-refractivity contribution is 5.19. The lowest BCUT2D eigenvalue weighted by Crippen LogP contribution is -2.69. The van der Waals surface area contributed by atoms with Crippen LogP contribution in [0.2, 0.25) is 0 Å². The molecule has 19 atom stereocenters. The third kappa shape index (κ3) is 17.7. The topological polar surface area (TPSA) is 276 Å². The maximum atomic E-state index is 7.46. The average Bonchev–Trinajstić information content (AvgIpc) is 1.86. The minimum atomic E-state index is -1.23. The smallest absolute Gasteiger partial charge is 0.187 e. The molecule has 0 radical (unpaired) electrons. The van der Waals surface area contributed by atoms with Crippen LogP contribution in [0.15, 0.2) is 212 Å². The van der Waals surface area contributed by atoms with E-state index in [1.807, 2.05) is 212 Å². The summed E-state index contributed by atoms with van der Waals surface area (Å²) in [5.41, 5.74) is 49.0. The van der Waals surface area contributed by atoms with Crippen molar-refractivity contribution in [3.05, 3.63) is 251 Å². The van der Waals surface area contributed by atoms with E-state index < -0.39 is 116 Å². The van der Waals surface area contributed by atoms with Gasteiger partial charge in [0, 0.05) is 25.2 Å². The summed E-state index contributed by atoms with van der Waals surface area (Å²) in [6.07, 6.45) is -13.5. The molecule has 91 heavy (non-hydrogen) atoms. The van der Waals surface area contributed by atoms with E-state index in [1.165, 1.54) is 0 Å². The normalized spacial score (nSPS) is 30.9. The summed E-state index contributed by atoms with van der Waals surface area (Å²) in [5.74, 6) is 0. The zero-order chi connectivity index (χ0) is 62.7.